The second-order valence-electron chi connectivity index (χ2n) is 7.02. The standard InChI is InChI=1S/C21H26N2O4/c1-15(16-9-5-3-6-10-16)23-14-22-13-18(23)20(24)27-19(21(25)26-2)17-11-7-4-8-12-17/h3,5-6,9-10,13-15,17,19H,4,7-8,11-12H2,1-2H3. The fraction of sp³-hybridized carbons (Fsp3) is 0.476. The van der Waals surface area contributed by atoms with Crippen LogP contribution in [0.15, 0.2) is 42.9 Å². The third-order valence-electron chi connectivity index (χ3n) is 5.32. The molecule has 1 aromatic carbocycles. The number of methoxy groups -OCH3 is 1. The molecule has 1 heterocycles. The molecule has 2 unspecified atom stereocenters. The monoisotopic (exact) mass is 370 g/mol. The fourth-order valence-corrected chi connectivity index (χ4v) is 3.73. The Bertz CT molecular complexity index is 765. The van der Waals surface area contributed by atoms with E-state index in [1.807, 2.05) is 37.3 Å². The van der Waals surface area contributed by atoms with Gasteiger partial charge in [-0.2, -0.15) is 0 Å². The third kappa shape index (κ3) is 4.38. The van der Waals surface area contributed by atoms with Gasteiger partial charge in [0.2, 0.25) is 6.10 Å². The van der Waals surface area contributed by atoms with Crippen molar-refractivity contribution in [2.45, 2.75) is 51.2 Å². The summed E-state index contributed by atoms with van der Waals surface area (Å²) in [4.78, 5) is 29.2. The van der Waals surface area contributed by atoms with Crippen LogP contribution in [0.25, 0.3) is 0 Å². The van der Waals surface area contributed by atoms with E-state index in [0.717, 1.165) is 37.7 Å². The van der Waals surface area contributed by atoms with Crippen LogP contribution in [0, 0.1) is 5.92 Å². The number of rotatable bonds is 6. The number of carbonyl (C=O) groups excluding carboxylic acids is 2. The van der Waals surface area contributed by atoms with Crippen molar-refractivity contribution >= 4 is 11.9 Å². The maximum atomic E-state index is 12.8. The first-order valence-electron chi connectivity index (χ1n) is 9.47. The molecule has 0 amide bonds. The summed E-state index contributed by atoms with van der Waals surface area (Å²) in [7, 11) is 1.33. The number of benzene rings is 1. The van der Waals surface area contributed by atoms with Crippen molar-refractivity contribution in [1.82, 2.24) is 9.55 Å². The first kappa shape index (κ1) is 19.1. The highest BCUT2D eigenvalue weighted by Gasteiger charge is 2.35. The van der Waals surface area contributed by atoms with Crippen LogP contribution in [-0.4, -0.2) is 34.7 Å². The molecular weight excluding hydrogens is 344 g/mol. The van der Waals surface area contributed by atoms with E-state index in [4.69, 9.17) is 9.47 Å². The Labute approximate surface area is 159 Å². The van der Waals surface area contributed by atoms with Crippen LogP contribution in [0.4, 0.5) is 0 Å². The van der Waals surface area contributed by atoms with Crippen molar-refractivity contribution in [3.63, 3.8) is 0 Å². The lowest BCUT2D eigenvalue weighted by Gasteiger charge is -2.28. The molecule has 3 rings (SSSR count). The Balaban J connectivity index is 1.79. The van der Waals surface area contributed by atoms with Crippen molar-refractivity contribution < 1.29 is 19.1 Å². The normalized spacial score (nSPS) is 17.1. The number of aromatic nitrogens is 2. The molecule has 0 spiro atoms. The Morgan fingerprint density at radius 1 is 1.15 bits per heavy atom. The summed E-state index contributed by atoms with van der Waals surface area (Å²) in [6.07, 6.45) is 7.20. The minimum Gasteiger partial charge on any atom is -0.466 e. The summed E-state index contributed by atoms with van der Waals surface area (Å²) in [6, 6.07) is 9.78. The Kier molecular flexibility index (Phi) is 6.27. The second-order valence-corrected chi connectivity index (χ2v) is 7.02. The molecule has 0 saturated heterocycles. The molecule has 1 aromatic heterocycles. The summed E-state index contributed by atoms with van der Waals surface area (Å²) in [5.74, 6) is -1.02. The van der Waals surface area contributed by atoms with Crippen LogP contribution >= 0.6 is 0 Å². The van der Waals surface area contributed by atoms with Gasteiger partial charge in [0.15, 0.2) is 0 Å². The molecule has 1 saturated carbocycles. The largest absolute Gasteiger partial charge is 0.466 e. The fourth-order valence-electron chi connectivity index (χ4n) is 3.73. The average molecular weight is 370 g/mol. The quantitative estimate of drug-likeness (QED) is 0.724. The highest BCUT2D eigenvalue weighted by molar-refractivity contribution is 5.90. The van der Waals surface area contributed by atoms with E-state index in [2.05, 4.69) is 4.98 Å². The summed E-state index contributed by atoms with van der Waals surface area (Å²) >= 11 is 0. The SMILES string of the molecule is COC(=O)C(OC(=O)c1cncn1C(C)c1ccccc1)C1CCCCC1. The Hall–Kier alpha value is -2.63. The summed E-state index contributed by atoms with van der Waals surface area (Å²) in [5.41, 5.74) is 1.39. The van der Waals surface area contributed by atoms with Gasteiger partial charge in [0.1, 0.15) is 5.69 Å². The van der Waals surface area contributed by atoms with Crippen molar-refractivity contribution in [2.75, 3.05) is 7.11 Å². The summed E-state index contributed by atoms with van der Waals surface area (Å²) in [5, 5.41) is 0. The van der Waals surface area contributed by atoms with Gasteiger partial charge in [0.25, 0.3) is 0 Å². The first-order valence-corrected chi connectivity index (χ1v) is 9.47. The molecule has 0 aliphatic heterocycles. The van der Waals surface area contributed by atoms with Crippen molar-refractivity contribution in [2.24, 2.45) is 5.92 Å². The van der Waals surface area contributed by atoms with Crippen LogP contribution in [0.3, 0.4) is 0 Å². The molecule has 1 aliphatic carbocycles. The summed E-state index contributed by atoms with van der Waals surface area (Å²) < 4.78 is 12.3. The van der Waals surface area contributed by atoms with E-state index in [-0.39, 0.29) is 12.0 Å². The number of esters is 2. The topological polar surface area (TPSA) is 70.4 Å². The lowest BCUT2D eigenvalue weighted by atomic mass is 9.85. The smallest absolute Gasteiger partial charge is 0.357 e. The minimum atomic E-state index is -0.863. The maximum absolute atomic E-state index is 12.8. The van der Waals surface area contributed by atoms with E-state index in [0.29, 0.717) is 5.69 Å². The molecule has 2 aromatic rings. The highest BCUT2D eigenvalue weighted by atomic mass is 16.6. The van der Waals surface area contributed by atoms with Crippen molar-refractivity contribution in [1.29, 1.82) is 0 Å². The van der Waals surface area contributed by atoms with Gasteiger partial charge in [-0.15, -0.1) is 0 Å². The van der Waals surface area contributed by atoms with Crippen LogP contribution in [0.2, 0.25) is 0 Å². The molecule has 6 heteroatoms. The number of hydrogen-bond acceptors (Lipinski definition) is 5. The molecule has 2 atom stereocenters. The van der Waals surface area contributed by atoms with Gasteiger partial charge in [0.05, 0.1) is 25.7 Å². The number of nitrogens with zero attached hydrogens (tertiary/aromatic N) is 2. The molecule has 144 valence electrons. The van der Waals surface area contributed by atoms with Crippen LogP contribution < -0.4 is 0 Å². The van der Waals surface area contributed by atoms with Crippen molar-refractivity contribution in [3.8, 4) is 0 Å². The predicted molar refractivity (Wildman–Crippen MR) is 100 cm³/mol. The Morgan fingerprint density at radius 3 is 2.52 bits per heavy atom. The van der Waals surface area contributed by atoms with E-state index in [1.54, 1.807) is 10.9 Å². The molecule has 0 bridgehead atoms. The summed E-state index contributed by atoms with van der Waals surface area (Å²) in [6.45, 7) is 1.99. The molecule has 0 radical (unpaired) electrons. The zero-order chi connectivity index (χ0) is 19.2. The average Bonchev–Trinajstić information content (AvgIpc) is 3.22. The maximum Gasteiger partial charge on any atom is 0.357 e. The van der Waals surface area contributed by atoms with E-state index >= 15 is 0 Å². The van der Waals surface area contributed by atoms with E-state index < -0.39 is 18.0 Å². The third-order valence-corrected chi connectivity index (χ3v) is 5.32. The number of ether oxygens (including phenoxy) is 2. The number of hydrogen-bond donors (Lipinski definition) is 0. The molecule has 1 fully saturated rings. The van der Waals surface area contributed by atoms with Gasteiger partial charge in [0, 0.05) is 5.92 Å². The van der Waals surface area contributed by atoms with Crippen molar-refractivity contribution in [3.05, 3.63) is 54.1 Å². The highest BCUT2D eigenvalue weighted by Crippen LogP contribution is 2.29. The Morgan fingerprint density at radius 2 is 1.85 bits per heavy atom. The molecule has 6 nitrogen and oxygen atoms in total. The van der Waals surface area contributed by atoms with E-state index in [9.17, 15) is 9.59 Å². The van der Waals surface area contributed by atoms with Crippen LogP contribution in [0.5, 0.6) is 0 Å². The number of imidazole rings is 1. The second kappa shape index (κ2) is 8.84. The minimum absolute atomic E-state index is 0.0121. The lowest BCUT2D eigenvalue weighted by molar-refractivity contribution is -0.154. The van der Waals surface area contributed by atoms with Gasteiger partial charge in [-0.25, -0.2) is 14.6 Å². The zero-order valence-corrected chi connectivity index (χ0v) is 15.8. The molecule has 27 heavy (non-hydrogen) atoms. The molecule has 1 aliphatic rings. The molecular formula is C21H26N2O4. The van der Waals surface area contributed by atoms with Gasteiger partial charge in [-0.05, 0) is 25.3 Å². The van der Waals surface area contributed by atoms with Gasteiger partial charge < -0.3 is 14.0 Å². The number of carbonyl (C=O) groups is 2. The van der Waals surface area contributed by atoms with E-state index in [1.165, 1.54) is 13.3 Å². The van der Waals surface area contributed by atoms with Gasteiger partial charge in [-0.3, -0.25) is 0 Å². The zero-order valence-electron chi connectivity index (χ0n) is 15.8. The van der Waals surface area contributed by atoms with Crippen LogP contribution in [0.1, 0.15) is 61.1 Å². The van der Waals surface area contributed by atoms with Gasteiger partial charge >= 0.3 is 11.9 Å². The lowest BCUT2D eigenvalue weighted by Crippen LogP contribution is -2.37. The van der Waals surface area contributed by atoms with Crippen LogP contribution in [-0.2, 0) is 14.3 Å². The predicted octanol–water partition coefficient (Wildman–Crippen LogP) is 3.77. The van der Waals surface area contributed by atoms with Gasteiger partial charge in [-0.1, -0.05) is 49.6 Å². The molecule has 0 N–H and O–H groups in total. The first-order chi connectivity index (χ1) is 13.1.